The number of para-hydroxylation sites is 2. The molecule has 0 spiro atoms. The van der Waals surface area contributed by atoms with E-state index in [1.807, 2.05) is 106 Å². The molecule has 0 atom stereocenters. The molecule has 0 aliphatic heterocycles. The smallest absolute Gasteiger partial charge is 0.0410 e. The third-order valence-corrected chi connectivity index (χ3v) is 9.25. The Hall–Kier alpha value is -5.66. The van der Waals surface area contributed by atoms with Gasteiger partial charge in [0.1, 0.15) is 0 Å². The van der Waals surface area contributed by atoms with E-state index in [0.29, 0.717) is 5.57 Å². The first-order chi connectivity index (χ1) is 26.6. The topological polar surface area (TPSA) is 35.6 Å². The van der Waals surface area contributed by atoms with Gasteiger partial charge in [0.2, 0.25) is 0 Å². The van der Waals surface area contributed by atoms with E-state index in [2.05, 4.69) is 102 Å². The minimum absolute atomic E-state index is 0. The largest absolute Gasteiger partial charge is 0.433 e. The Morgan fingerprint density at radius 2 is 1.21 bits per heavy atom. The van der Waals surface area contributed by atoms with Gasteiger partial charge in [0, 0.05) is 57.4 Å². The van der Waals surface area contributed by atoms with Crippen molar-refractivity contribution in [2.24, 2.45) is 0 Å². The van der Waals surface area contributed by atoms with Crippen molar-refractivity contribution in [2.75, 3.05) is 0 Å². The number of benzene rings is 5. The monoisotopic (exact) mass is 1090 g/mol. The van der Waals surface area contributed by atoms with Crippen LogP contribution in [0.15, 0.2) is 170 Å². The van der Waals surface area contributed by atoms with Crippen molar-refractivity contribution in [2.45, 2.75) is 25.7 Å². The molecule has 0 saturated carbocycles. The van der Waals surface area contributed by atoms with Crippen molar-refractivity contribution in [3.8, 4) is 34.3 Å². The van der Waals surface area contributed by atoms with Gasteiger partial charge in [-0.3, -0.25) is 11.8 Å². The summed E-state index contributed by atoms with van der Waals surface area (Å²) in [7, 11) is 0. The Labute approximate surface area is 361 Å². The number of hydrogen-bond donors (Lipinski definition) is 0. The van der Waals surface area contributed by atoms with Crippen LogP contribution in [0.25, 0.3) is 28.6 Å². The van der Waals surface area contributed by atoms with E-state index in [-0.39, 0.29) is 44.8 Å². The van der Waals surface area contributed by atoms with Crippen LogP contribution in [0.1, 0.15) is 39.2 Å². The van der Waals surface area contributed by atoms with Gasteiger partial charge in [0.15, 0.2) is 0 Å². The Bertz CT molecular complexity index is 2470. The van der Waals surface area contributed by atoms with Gasteiger partial charge in [-0.15, -0.1) is 29.3 Å². The Balaban J connectivity index is 0.000000165. The van der Waals surface area contributed by atoms with Gasteiger partial charge in [-0.1, -0.05) is 170 Å². The van der Waals surface area contributed by atoms with Crippen LogP contribution < -0.4 is 0 Å². The van der Waals surface area contributed by atoms with Gasteiger partial charge in [-0.25, -0.2) is 0 Å². The molecule has 0 saturated heterocycles. The van der Waals surface area contributed by atoms with Crippen molar-refractivity contribution in [1.29, 1.82) is 0 Å². The number of nitrogens with zero attached hydrogens (tertiary/aromatic N) is 4. The molecule has 0 unspecified atom stereocenters. The van der Waals surface area contributed by atoms with Crippen LogP contribution in [0.4, 0.5) is 0 Å². The van der Waals surface area contributed by atoms with Crippen LogP contribution in [-0.2, 0) is 70.4 Å². The fourth-order valence-electron chi connectivity index (χ4n) is 6.47. The number of rotatable bonds is 7. The second-order valence-electron chi connectivity index (χ2n) is 13.0. The van der Waals surface area contributed by atoms with Crippen molar-refractivity contribution < 1.29 is 44.8 Å². The molecule has 2 heterocycles. The number of hydrogen-bond acceptors (Lipinski definition) is 2. The number of aromatic nitrogens is 4. The zero-order chi connectivity index (χ0) is 37.1. The molecule has 9 rings (SSSR count). The normalized spacial score (nSPS) is 11.4. The van der Waals surface area contributed by atoms with E-state index in [1.165, 1.54) is 39.0 Å². The molecule has 0 N–H and O–H groups in total. The second kappa shape index (κ2) is 20.3. The molecular weight excluding hydrogens is 1050 g/mol. The predicted octanol–water partition coefficient (Wildman–Crippen LogP) is 9.96. The van der Waals surface area contributed by atoms with Crippen LogP contribution >= 0.6 is 0 Å². The molecule has 2 aromatic heterocycles. The minimum Gasteiger partial charge on any atom is -0.433 e. The van der Waals surface area contributed by atoms with Crippen LogP contribution in [0.5, 0.6) is 0 Å². The van der Waals surface area contributed by atoms with Crippen LogP contribution in [0.2, 0.25) is 0 Å². The van der Waals surface area contributed by atoms with Crippen molar-refractivity contribution >= 4 is 6.08 Å². The number of allylic oxidation sites excluding steroid dienone is 4. The summed E-state index contributed by atoms with van der Waals surface area (Å²) < 4.78 is 3.84. The minimum atomic E-state index is 0. The average Bonchev–Trinajstić information content (AvgIpc) is 4.05. The van der Waals surface area contributed by atoms with Crippen LogP contribution in [-0.4, -0.2) is 19.1 Å². The molecule has 0 bridgehead atoms. The van der Waals surface area contributed by atoms with E-state index in [0.717, 1.165) is 54.0 Å². The number of aryl methyl sites for hydroxylation is 2. The molecule has 2 radical (unpaired) electrons. The van der Waals surface area contributed by atoms with Crippen molar-refractivity contribution in [1.82, 2.24) is 19.1 Å². The Morgan fingerprint density at radius 1 is 0.661 bits per heavy atom. The molecule has 0 fully saturated rings. The molecule has 2 aliphatic carbocycles. The summed E-state index contributed by atoms with van der Waals surface area (Å²) in [4.78, 5) is 8.73. The van der Waals surface area contributed by atoms with Gasteiger partial charge >= 0.3 is 0 Å². The summed E-state index contributed by atoms with van der Waals surface area (Å²) >= 11 is 0. The van der Waals surface area contributed by atoms with Crippen LogP contribution in [0, 0.1) is 37.3 Å². The molecule has 4 nitrogen and oxygen atoms in total. The van der Waals surface area contributed by atoms with Crippen molar-refractivity contribution in [3.05, 3.63) is 234 Å². The van der Waals surface area contributed by atoms with E-state index >= 15 is 0 Å². The van der Waals surface area contributed by atoms with Gasteiger partial charge < -0.3 is 31.9 Å². The van der Waals surface area contributed by atoms with Gasteiger partial charge in [-0.05, 0) is 57.6 Å². The van der Waals surface area contributed by atoms with E-state index < -0.39 is 0 Å². The maximum absolute atomic E-state index is 7.12. The maximum atomic E-state index is 7.12. The summed E-state index contributed by atoms with van der Waals surface area (Å²) in [6.45, 7) is 3.67. The fourth-order valence-corrected chi connectivity index (χ4v) is 6.47. The van der Waals surface area contributed by atoms with Crippen molar-refractivity contribution in [3.63, 3.8) is 0 Å². The first-order valence-corrected chi connectivity index (χ1v) is 17.8. The summed E-state index contributed by atoms with van der Waals surface area (Å²) in [5, 5.41) is 0. The molecule has 0 amide bonds. The summed E-state index contributed by atoms with van der Waals surface area (Å²) in [5.41, 5.74) is 14.9. The summed E-state index contributed by atoms with van der Waals surface area (Å²) in [6, 6.07) is 43.2. The van der Waals surface area contributed by atoms with Gasteiger partial charge in [-0.2, -0.15) is 6.58 Å². The van der Waals surface area contributed by atoms with Crippen LogP contribution in [0.3, 0.4) is 0 Å². The number of imidazole rings is 2. The molecular formula is C50H36Au2N4-4. The second-order valence-corrected chi connectivity index (χ2v) is 13.0. The van der Waals surface area contributed by atoms with E-state index in [9.17, 15) is 0 Å². The molecule has 5 aromatic carbocycles. The quantitative estimate of drug-likeness (QED) is 0.0690. The van der Waals surface area contributed by atoms with E-state index in [1.54, 1.807) is 0 Å². The average molecular weight is 1090 g/mol. The molecule has 56 heavy (non-hydrogen) atoms. The SMILES string of the molecule is [Au].[Au].[C-]#CC(=C)/C=C\C1=Cc2ccccc2C1.[C-]#Cc1ccc2c(c1)Cc1ccccc1-2.[c-]1nc(CCc2cn(-c3ccccc3)[c-]n2)cn1-c1ccccc1. The third kappa shape index (κ3) is 10.5. The zero-order valence-corrected chi connectivity index (χ0v) is 34.8. The third-order valence-electron chi connectivity index (χ3n) is 9.25. The Kier molecular flexibility index (Phi) is 15.1. The number of fused-ring (bicyclic) bond motifs is 4. The van der Waals surface area contributed by atoms with Gasteiger partial charge in [0.25, 0.3) is 0 Å². The predicted molar refractivity (Wildman–Crippen MR) is 217 cm³/mol. The maximum Gasteiger partial charge on any atom is 0.0410 e. The zero-order valence-electron chi connectivity index (χ0n) is 30.4. The fraction of sp³-hybridized carbons (Fsp3) is 0.0800. The molecule has 2 aliphatic rings. The molecule has 282 valence electrons. The molecule has 6 heteroatoms. The Morgan fingerprint density at radius 3 is 1.80 bits per heavy atom. The van der Waals surface area contributed by atoms with E-state index in [4.69, 9.17) is 12.8 Å². The first-order valence-electron chi connectivity index (χ1n) is 17.8. The first kappa shape index (κ1) is 41.5. The molecule has 7 aromatic rings. The van der Waals surface area contributed by atoms with Gasteiger partial charge in [0.05, 0.1) is 0 Å². The summed E-state index contributed by atoms with van der Waals surface area (Å²) in [5.74, 6) is 4.69. The standard InChI is InChI=1S/C20H16N4.C15H9.C15H11.2Au/c1-3-7-19(8-4-1)23-13-17(21-15-23)11-12-18-14-24(16-22-18)20-9-5-2-6-10-20;1-2-11-7-8-15-13(9-11)10-12-5-3-4-6-14(12)15;1-3-12(2)8-9-13-10-14-6-4-5-7-15(14)11-13;;/h1-10,13-14H,11-12H2;3-9H,10H2;4-10H,2,11H2;;/q-2;2*-1;;/b;;9-8-;;. The summed E-state index contributed by atoms with van der Waals surface area (Å²) in [6.07, 6.45) is 33.7.